The molecule has 0 fully saturated rings. The molecule has 0 spiro atoms. The van der Waals surface area contributed by atoms with Crippen LogP contribution in [0.25, 0.3) is 0 Å². The fourth-order valence-electron chi connectivity index (χ4n) is 1.29. The number of thioether (sulfide) groups is 1. The van der Waals surface area contributed by atoms with Gasteiger partial charge in [-0.25, -0.2) is 0 Å². The number of nitrogens with two attached hydrogens (primary N) is 1. The van der Waals surface area contributed by atoms with Gasteiger partial charge in [0, 0.05) is 21.7 Å². The Morgan fingerprint density at radius 1 is 1.56 bits per heavy atom. The van der Waals surface area contributed by atoms with E-state index in [1.165, 1.54) is 4.90 Å². The summed E-state index contributed by atoms with van der Waals surface area (Å²) < 4.78 is 0. The Kier molecular flexibility index (Phi) is 6.57. The van der Waals surface area contributed by atoms with Crippen molar-refractivity contribution < 1.29 is 0 Å². The minimum absolute atomic E-state index is 0.307. The van der Waals surface area contributed by atoms with Crippen molar-refractivity contribution in [3.63, 3.8) is 0 Å². The van der Waals surface area contributed by atoms with E-state index in [9.17, 15) is 0 Å². The smallest absolute Gasteiger partial charge is 0.0417 e. The van der Waals surface area contributed by atoms with Gasteiger partial charge in [-0.3, -0.25) is 11.3 Å². The van der Waals surface area contributed by atoms with E-state index in [2.05, 4.69) is 18.1 Å². The van der Waals surface area contributed by atoms with Gasteiger partial charge in [-0.2, -0.15) is 0 Å². The summed E-state index contributed by atoms with van der Waals surface area (Å²) >= 11 is 7.67. The molecule has 0 aliphatic carbocycles. The van der Waals surface area contributed by atoms with Gasteiger partial charge in [-0.15, -0.1) is 18.3 Å². The zero-order valence-corrected chi connectivity index (χ0v) is 10.7. The van der Waals surface area contributed by atoms with Crippen molar-refractivity contribution in [2.45, 2.75) is 23.8 Å². The highest BCUT2D eigenvalue weighted by molar-refractivity contribution is 7.99. The maximum Gasteiger partial charge on any atom is 0.0417 e. The fraction of sp³-hybridized carbons (Fsp3) is 0.333. The molecule has 0 saturated heterocycles. The van der Waals surface area contributed by atoms with Crippen LogP contribution in [0.5, 0.6) is 0 Å². The first-order valence-corrected chi connectivity index (χ1v) is 6.58. The highest BCUT2D eigenvalue weighted by Crippen LogP contribution is 2.22. The molecule has 2 nitrogen and oxygen atoms in total. The number of benzene rings is 1. The van der Waals surface area contributed by atoms with Crippen molar-refractivity contribution in [2.75, 3.05) is 5.75 Å². The molecular weight excluding hydrogens is 240 g/mol. The molecule has 1 atom stereocenters. The lowest BCUT2D eigenvalue weighted by atomic mass is 10.2. The number of rotatable bonds is 7. The summed E-state index contributed by atoms with van der Waals surface area (Å²) in [5.41, 5.74) is 2.82. The molecule has 0 heterocycles. The van der Waals surface area contributed by atoms with E-state index < -0.39 is 0 Å². The van der Waals surface area contributed by atoms with Crippen LogP contribution in [0.4, 0.5) is 0 Å². The van der Waals surface area contributed by atoms with Gasteiger partial charge in [0.1, 0.15) is 0 Å². The van der Waals surface area contributed by atoms with Crippen molar-refractivity contribution in [3.05, 3.63) is 41.9 Å². The van der Waals surface area contributed by atoms with E-state index in [0.717, 1.165) is 23.6 Å². The number of nitrogens with one attached hydrogen (secondary N) is 1. The first-order valence-electron chi connectivity index (χ1n) is 5.21. The molecule has 1 aromatic rings. The van der Waals surface area contributed by atoms with Gasteiger partial charge in [0.15, 0.2) is 0 Å². The Labute approximate surface area is 106 Å². The van der Waals surface area contributed by atoms with E-state index in [1.807, 2.05) is 24.3 Å². The second-order valence-electron chi connectivity index (χ2n) is 3.50. The zero-order valence-electron chi connectivity index (χ0n) is 9.16. The summed E-state index contributed by atoms with van der Waals surface area (Å²) in [5, 5.41) is 0.772. The highest BCUT2D eigenvalue weighted by atomic mass is 35.5. The highest BCUT2D eigenvalue weighted by Gasteiger charge is 2.06. The number of hydrogen-bond donors (Lipinski definition) is 2. The molecule has 0 radical (unpaired) electrons. The second kappa shape index (κ2) is 7.74. The predicted molar refractivity (Wildman–Crippen MR) is 72.7 cm³/mol. The van der Waals surface area contributed by atoms with E-state index in [-0.39, 0.29) is 0 Å². The van der Waals surface area contributed by atoms with Crippen LogP contribution in [-0.4, -0.2) is 11.8 Å². The van der Waals surface area contributed by atoms with Crippen LogP contribution >= 0.6 is 23.4 Å². The topological polar surface area (TPSA) is 38.0 Å². The van der Waals surface area contributed by atoms with Crippen LogP contribution in [0.2, 0.25) is 5.02 Å². The lowest BCUT2D eigenvalue weighted by molar-refractivity contribution is 0.544. The molecule has 16 heavy (non-hydrogen) atoms. The molecule has 0 saturated carbocycles. The van der Waals surface area contributed by atoms with Crippen molar-refractivity contribution in [3.8, 4) is 0 Å². The molecule has 0 bridgehead atoms. The molecule has 0 aliphatic heterocycles. The average molecular weight is 257 g/mol. The molecule has 0 aromatic heterocycles. The van der Waals surface area contributed by atoms with E-state index in [1.54, 1.807) is 11.8 Å². The van der Waals surface area contributed by atoms with Crippen LogP contribution in [0.3, 0.4) is 0 Å². The van der Waals surface area contributed by atoms with Crippen LogP contribution in [0, 0.1) is 0 Å². The van der Waals surface area contributed by atoms with Crippen molar-refractivity contribution in [2.24, 2.45) is 5.84 Å². The first kappa shape index (κ1) is 13.6. The lowest BCUT2D eigenvalue weighted by Gasteiger charge is -2.14. The molecule has 3 N–H and O–H groups in total. The molecular formula is C12H17ClN2S. The standard InChI is InChI=1S/C12H17ClN2S/c1-2-3-6-11(15-14)9-16-12-7-4-5-10(13)8-12/h2,4-5,7-8,11,15H,1,3,6,9,14H2. The molecule has 88 valence electrons. The number of hydrogen-bond acceptors (Lipinski definition) is 3. The maximum absolute atomic E-state index is 5.91. The SMILES string of the molecule is C=CCCC(CSc1cccc(Cl)c1)NN. The molecule has 0 aliphatic rings. The Hall–Kier alpha value is -0.480. The van der Waals surface area contributed by atoms with Crippen LogP contribution in [0.15, 0.2) is 41.8 Å². The molecule has 0 amide bonds. The van der Waals surface area contributed by atoms with Gasteiger partial charge in [0.25, 0.3) is 0 Å². The first-order chi connectivity index (χ1) is 7.76. The van der Waals surface area contributed by atoms with Crippen molar-refractivity contribution in [1.82, 2.24) is 5.43 Å². The quantitative estimate of drug-likeness (QED) is 0.340. The Bertz CT molecular complexity index is 331. The molecule has 1 unspecified atom stereocenters. The third kappa shape index (κ3) is 5.03. The van der Waals surface area contributed by atoms with E-state index in [4.69, 9.17) is 17.4 Å². The Balaban J connectivity index is 2.39. The second-order valence-corrected chi connectivity index (χ2v) is 5.03. The van der Waals surface area contributed by atoms with Crippen molar-refractivity contribution >= 4 is 23.4 Å². The molecule has 1 rings (SSSR count). The van der Waals surface area contributed by atoms with E-state index in [0.29, 0.717) is 6.04 Å². The fourth-order valence-corrected chi connectivity index (χ4v) is 2.58. The van der Waals surface area contributed by atoms with Crippen LogP contribution in [-0.2, 0) is 0 Å². The summed E-state index contributed by atoms with van der Waals surface area (Å²) in [6.07, 6.45) is 3.90. The predicted octanol–water partition coefficient (Wildman–Crippen LogP) is 3.23. The third-order valence-corrected chi connectivity index (χ3v) is 3.59. The average Bonchev–Trinajstić information content (AvgIpc) is 2.29. The van der Waals surface area contributed by atoms with Gasteiger partial charge in [0.2, 0.25) is 0 Å². The summed E-state index contributed by atoms with van der Waals surface area (Å²) in [7, 11) is 0. The van der Waals surface area contributed by atoms with Gasteiger partial charge in [-0.1, -0.05) is 23.7 Å². The molecule has 1 aromatic carbocycles. The Morgan fingerprint density at radius 3 is 3.00 bits per heavy atom. The number of hydrazine groups is 1. The maximum atomic E-state index is 5.91. The minimum atomic E-state index is 0.307. The summed E-state index contributed by atoms with van der Waals surface area (Å²) in [6.45, 7) is 3.70. The Morgan fingerprint density at radius 2 is 2.38 bits per heavy atom. The third-order valence-electron chi connectivity index (χ3n) is 2.20. The van der Waals surface area contributed by atoms with Crippen LogP contribution < -0.4 is 11.3 Å². The van der Waals surface area contributed by atoms with Gasteiger partial charge in [-0.05, 0) is 31.0 Å². The minimum Gasteiger partial charge on any atom is -0.271 e. The monoisotopic (exact) mass is 256 g/mol. The summed E-state index contributed by atoms with van der Waals surface area (Å²) in [5.74, 6) is 6.42. The summed E-state index contributed by atoms with van der Waals surface area (Å²) in [4.78, 5) is 1.17. The number of halogens is 1. The van der Waals surface area contributed by atoms with Gasteiger partial charge < -0.3 is 0 Å². The summed E-state index contributed by atoms with van der Waals surface area (Å²) in [6, 6.07) is 8.16. The van der Waals surface area contributed by atoms with Crippen molar-refractivity contribution in [1.29, 1.82) is 0 Å². The van der Waals surface area contributed by atoms with Gasteiger partial charge >= 0.3 is 0 Å². The van der Waals surface area contributed by atoms with Gasteiger partial charge in [0.05, 0.1) is 0 Å². The largest absolute Gasteiger partial charge is 0.271 e. The zero-order chi connectivity index (χ0) is 11.8. The number of allylic oxidation sites excluding steroid dienone is 1. The van der Waals surface area contributed by atoms with E-state index >= 15 is 0 Å². The lowest BCUT2D eigenvalue weighted by Crippen LogP contribution is -2.36. The van der Waals surface area contributed by atoms with Crippen LogP contribution in [0.1, 0.15) is 12.8 Å². The normalized spacial score (nSPS) is 12.4. The molecule has 4 heteroatoms.